The van der Waals surface area contributed by atoms with Crippen molar-refractivity contribution in [3.63, 3.8) is 0 Å². The van der Waals surface area contributed by atoms with Crippen LogP contribution >= 0.6 is 0 Å². The molecule has 0 bridgehead atoms. The highest BCUT2D eigenvalue weighted by Crippen LogP contribution is 2.21. The monoisotopic (exact) mass is 223 g/mol. The summed E-state index contributed by atoms with van der Waals surface area (Å²) in [6.07, 6.45) is -5.13. The number of nitrogens with two attached hydrogens (primary N) is 1. The fourth-order valence-electron chi connectivity index (χ4n) is 0.752. The Bertz CT molecular complexity index is 331. The van der Waals surface area contributed by atoms with E-state index in [1.165, 1.54) is 0 Å². The predicted molar refractivity (Wildman–Crippen MR) is 43.6 cm³/mol. The minimum absolute atomic E-state index is 0.584. The van der Waals surface area contributed by atoms with Crippen LogP contribution in [0.4, 0.5) is 13.2 Å². The third kappa shape index (κ3) is 4.39. The third-order valence-electron chi connectivity index (χ3n) is 1.39. The van der Waals surface area contributed by atoms with Crippen LogP contribution in [0, 0.1) is 0 Å². The van der Waals surface area contributed by atoms with Crippen LogP contribution in [0.3, 0.4) is 0 Å². The molecule has 1 amide bonds. The fraction of sp³-hybridized carbons (Fsp3) is 0.375. The number of allylic oxidation sites excluding steroid dienone is 1. The van der Waals surface area contributed by atoms with Crippen molar-refractivity contribution in [2.45, 2.75) is 19.5 Å². The smallest absolute Gasteiger partial charge is 0.369 e. The van der Waals surface area contributed by atoms with E-state index in [-0.39, 0.29) is 0 Å². The van der Waals surface area contributed by atoms with Crippen LogP contribution in [0.2, 0.25) is 0 Å². The summed E-state index contributed by atoms with van der Waals surface area (Å²) in [5.74, 6) is -4.25. The Morgan fingerprint density at radius 2 is 1.73 bits per heavy atom. The van der Waals surface area contributed by atoms with E-state index in [1.807, 2.05) is 0 Å². The fourth-order valence-corrected chi connectivity index (χ4v) is 0.752. The van der Waals surface area contributed by atoms with Crippen molar-refractivity contribution in [2.24, 2.45) is 5.73 Å². The molecule has 0 heterocycles. The molecule has 0 radical (unpaired) electrons. The van der Waals surface area contributed by atoms with Gasteiger partial charge in [0.15, 0.2) is 5.78 Å². The van der Waals surface area contributed by atoms with Gasteiger partial charge in [0.2, 0.25) is 5.91 Å². The zero-order valence-electron chi connectivity index (χ0n) is 7.72. The van der Waals surface area contributed by atoms with Gasteiger partial charge in [-0.2, -0.15) is 13.2 Å². The Hall–Kier alpha value is -1.66. The highest BCUT2D eigenvalue weighted by atomic mass is 19.4. The molecule has 0 aromatic rings. The first-order chi connectivity index (χ1) is 6.66. The summed E-state index contributed by atoms with van der Waals surface area (Å²) in [4.78, 5) is 31.6. The molecule has 2 N–H and O–H groups in total. The second kappa shape index (κ2) is 4.72. The van der Waals surface area contributed by atoms with Gasteiger partial charge in [0.05, 0.1) is 5.57 Å². The third-order valence-corrected chi connectivity index (χ3v) is 1.39. The number of rotatable bonds is 4. The first-order valence-corrected chi connectivity index (χ1v) is 3.77. The average molecular weight is 223 g/mol. The molecule has 0 unspecified atom stereocenters. The van der Waals surface area contributed by atoms with Crippen molar-refractivity contribution in [1.82, 2.24) is 0 Å². The van der Waals surface area contributed by atoms with Gasteiger partial charge in [0, 0.05) is 6.42 Å². The molecule has 0 aliphatic rings. The first kappa shape index (κ1) is 13.3. The zero-order chi connectivity index (χ0) is 12.2. The molecular weight excluding hydrogens is 215 g/mol. The van der Waals surface area contributed by atoms with Gasteiger partial charge in [-0.05, 0) is 6.92 Å². The summed E-state index contributed by atoms with van der Waals surface area (Å²) in [6, 6.07) is 0. The van der Waals surface area contributed by atoms with Gasteiger partial charge in [-0.25, -0.2) is 0 Å². The van der Waals surface area contributed by atoms with Crippen molar-refractivity contribution in [3.05, 3.63) is 11.6 Å². The maximum atomic E-state index is 11.9. The van der Waals surface area contributed by atoms with Crippen LogP contribution in [-0.2, 0) is 14.4 Å². The lowest BCUT2D eigenvalue weighted by Gasteiger charge is -2.05. The molecule has 84 valence electrons. The van der Waals surface area contributed by atoms with Gasteiger partial charge < -0.3 is 5.73 Å². The number of hydrogen-bond donors (Lipinski definition) is 1. The molecule has 0 rings (SSSR count). The van der Waals surface area contributed by atoms with Crippen molar-refractivity contribution < 1.29 is 27.6 Å². The maximum Gasteiger partial charge on any atom is 0.454 e. The number of Topliss-reactive ketones (excluding diaryl/α,β-unsaturated/α-hetero) is 2. The normalized spacial score (nSPS) is 12.4. The number of amides is 1. The molecule has 4 nitrogen and oxygen atoms in total. The molecule has 0 aliphatic carbocycles. The van der Waals surface area contributed by atoms with Gasteiger partial charge in [-0.15, -0.1) is 0 Å². The van der Waals surface area contributed by atoms with E-state index in [0.29, 0.717) is 6.08 Å². The number of alkyl halides is 3. The van der Waals surface area contributed by atoms with Crippen molar-refractivity contribution >= 4 is 17.5 Å². The second-order valence-corrected chi connectivity index (χ2v) is 2.67. The lowest BCUT2D eigenvalue weighted by molar-refractivity contribution is -0.167. The SMILES string of the molecule is CC(=O)/C(=C\CC(N)=O)C(=O)C(F)(F)F. The summed E-state index contributed by atoms with van der Waals surface area (Å²) >= 11 is 0. The Balaban J connectivity index is 5.00. The Morgan fingerprint density at radius 3 is 2.00 bits per heavy atom. The van der Waals surface area contributed by atoms with Gasteiger partial charge in [-0.1, -0.05) is 6.08 Å². The molecule has 7 heteroatoms. The second-order valence-electron chi connectivity index (χ2n) is 2.67. The van der Waals surface area contributed by atoms with E-state index < -0.39 is 35.6 Å². The van der Waals surface area contributed by atoms with E-state index in [4.69, 9.17) is 0 Å². The van der Waals surface area contributed by atoms with Crippen molar-refractivity contribution in [3.8, 4) is 0 Å². The zero-order valence-corrected chi connectivity index (χ0v) is 7.72. The molecule has 0 saturated heterocycles. The number of carbonyl (C=O) groups is 3. The summed E-state index contributed by atoms with van der Waals surface area (Å²) in [5, 5.41) is 0. The van der Waals surface area contributed by atoms with Crippen LogP contribution in [-0.4, -0.2) is 23.6 Å². The lowest BCUT2D eigenvalue weighted by Crippen LogP contribution is -2.27. The lowest BCUT2D eigenvalue weighted by atomic mass is 10.1. The average Bonchev–Trinajstić information content (AvgIpc) is 2.01. The van der Waals surface area contributed by atoms with Gasteiger partial charge in [-0.3, -0.25) is 14.4 Å². The molecule has 0 atom stereocenters. The highest BCUT2D eigenvalue weighted by Gasteiger charge is 2.41. The van der Waals surface area contributed by atoms with Crippen LogP contribution in [0.1, 0.15) is 13.3 Å². The van der Waals surface area contributed by atoms with Gasteiger partial charge in [0.25, 0.3) is 5.78 Å². The van der Waals surface area contributed by atoms with E-state index in [9.17, 15) is 27.6 Å². The summed E-state index contributed by atoms with van der Waals surface area (Å²) < 4.78 is 35.8. The van der Waals surface area contributed by atoms with E-state index in [2.05, 4.69) is 5.73 Å². The molecule has 0 spiro atoms. The van der Waals surface area contributed by atoms with E-state index >= 15 is 0 Å². The molecule has 0 fully saturated rings. The quantitative estimate of drug-likeness (QED) is 0.428. The summed E-state index contributed by atoms with van der Waals surface area (Å²) in [5.41, 5.74) is 3.59. The van der Waals surface area contributed by atoms with Gasteiger partial charge in [0.1, 0.15) is 0 Å². The number of carbonyl (C=O) groups excluding carboxylic acids is 3. The van der Waals surface area contributed by atoms with Crippen molar-refractivity contribution in [2.75, 3.05) is 0 Å². The molecule has 15 heavy (non-hydrogen) atoms. The summed E-state index contributed by atoms with van der Waals surface area (Å²) in [7, 11) is 0. The largest absolute Gasteiger partial charge is 0.454 e. The Kier molecular flexibility index (Phi) is 4.20. The van der Waals surface area contributed by atoms with Crippen LogP contribution in [0.25, 0.3) is 0 Å². The maximum absolute atomic E-state index is 11.9. The Morgan fingerprint density at radius 1 is 1.27 bits per heavy atom. The van der Waals surface area contributed by atoms with Crippen molar-refractivity contribution in [1.29, 1.82) is 0 Å². The van der Waals surface area contributed by atoms with Crippen LogP contribution in [0.15, 0.2) is 11.6 Å². The minimum atomic E-state index is -5.13. The molecule has 0 aromatic carbocycles. The van der Waals surface area contributed by atoms with Gasteiger partial charge >= 0.3 is 6.18 Å². The number of primary amides is 1. The highest BCUT2D eigenvalue weighted by molar-refractivity contribution is 6.21. The standard InChI is InChI=1S/C8H8F3NO3/c1-4(13)5(2-3-6(12)14)7(15)8(9,10)11/h2H,3H2,1H3,(H2,12,14)/b5-2+. The molecule has 0 aromatic heterocycles. The summed E-state index contributed by atoms with van der Waals surface area (Å²) in [6.45, 7) is 0.802. The topological polar surface area (TPSA) is 77.2 Å². The van der Waals surface area contributed by atoms with E-state index in [1.54, 1.807) is 0 Å². The molecule has 0 saturated carbocycles. The Labute approximate surface area is 82.9 Å². The molecular formula is C8H8F3NO3. The number of hydrogen-bond acceptors (Lipinski definition) is 3. The number of halogens is 3. The first-order valence-electron chi connectivity index (χ1n) is 3.77. The molecule has 0 aliphatic heterocycles. The predicted octanol–water partition coefficient (Wildman–Crippen LogP) is 0.509. The number of ketones is 2. The van der Waals surface area contributed by atoms with Crippen LogP contribution in [0.5, 0.6) is 0 Å². The minimum Gasteiger partial charge on any atom is -0.369 e. The van der Waals surface area contributed by atoms with E-state index in [0.717, 1.165) is 6.92 Å². The van der Waals surface area contributed by atoms with Crippen LogP contribution < -0.4 is 5.73 Å².